The van der Waals surface area contributed by atoms with Crippen LogP contribution in [0, 0.1) is 11.8 Å². The quantitative estimate of drug-likeness (QED) is 0.796. The lowest BCUT2D eigenvalue weighted by molar-refractivity contribution is 0.114. The highest BCUT2D eigenvalue weighted by Crippen LogP contribution is 2.36. The molecule has 1 aliphatic carbocycles. The first-order valence-corrected chi connectivity index (χ1v) is 9.56. The zero-order valence-corrected chi connectivity index (χ0v) is 13.2. The van der Waals surface area contributed by atoms with Gasteiger partial charge in [-0.05, 0) is 31.1 Å². The molecule has 2 rings (SSSR count). The van der Waals surface area contributed by atoms with Gasteiger partial charge in [0.05, 0.1) is 5.75 Å². The van der Waals surface area contributed by atoms with E-state index >= 15 is 0 Å². The smallest absolute Gasteiger partial charge is 0.148 e. The van der Waals surface area contributed by atoms with Crippen LogP contribution in [0.1, 0.15) is 33.1 Å². The first-order chi connectivity index (χ1) is 8.85. The zero-order chi connectivity index (χ0) is 14.0. The fourth-order valence-electron chi connectivity index (χ4n) is 3.11. The molecule has 0 spiro atoms. The Balaban J connectivity index is 1.92. The largest absolute Gasteiger partial charge is 0.311 e. The predicted molar refractivity (Wildman–Crippen MR) is 79.0 cm³/mol. The topological polar surface area (TPSA) is 49.4 Å². The molecule has 0 aromatic carbocycles. The van der Waals surface area contributed by atoms with Crippen molar-refractivity contribution >= 4 is 9.84 Å². The Morgan fingerprint density at radius 1 is 1.32 bits per heavy atom. The van der Waals surface area contributed by atoms with Gasteiger partial charge in [0.15, 0.2) is 0 Å². The summed E-state index contributed by atoms with van der Waals surface area (Å²) >= 11 is 0. The summed E-state index contributed by atoms with van der Waals surface area (Å²) < 4.78 is 22.8. The number of piperazine rings is 1. The van der Waals surface area contributed by atoms with Crippen molar-refractivity contribution in [2.45, 2.75) is 45.2 Å². The van der Waals surface area contributed by atoms with Gasteiger partial charge in [0.2, 0.25) is 0 Å². The third kappa shape index (κ3) is 5.04. The summed E-state index contributed by atoms with van der Waals surface area (Å²) in [6, 6.07) is 1.08. The number of rotatable bonds is 6. The minimum absolute atomic E-state index is 0.296. The van der Waals surface area contributed by atoms with Crippen molar-refractivity contribution in [3.8, 4) is 0 Å². The fraction of sp³-hybridized carbons (Fsp3) is 1.00. The van der Waals surface area contributed by atoms with Crippen LogP contribution in [0.3, 0.4) is 0 Å². The van der Waals surface area contributed by atoms with Crippen LogP contribution in [0.2, 0.25) is 0 Å². The Morgan fingerprint density at radius 3 is 2.53 bits per heavy atom. The summed E-state index contributed by atoms with van der Waals surface area (Å²) in [6.45, 7) is 7.24. The van der Waals surface area contributed by atoms with Crippen molar-refractivity contribution in [2.75, 3.05) is 31.6 Å². The molecule has 5 heteroatoms. The van der Waals surface area contributed by atoms with Crippen molar-refractivity contribution < 1.29 is 8.42 Å². The van der Waals surface area contributed by atoms with Gasteiger partial charge in [-0.15, -0.1) is 0 Å². The molecule has 1 N–H and O–H groups in total. The highest BCUT2D eigenvalue weighted by molar-refractivity contribution is 7.90. The zero-order valence-electron chi connectivity index (χ0n) is 12.4. The summed E-state index contributed by atoms with van der Waals surface area (Å²) in [6.07, 6.45) is 5.15. The first kappa shape index (κ1) is 15.3. The lowest BCUT2D eigenvalue weighted by Crippen LogP contribution is -2.58. The van der Waals surface area contributed by atoms with Crippen molar-refractivity contribution in [3.63, 3.8) is 0 Å². The molecule has 2 aliphatic rings. The minimum atomic E-state index is -2.85. The molecule has 1 saturated heterocycles. The van der Waals surface area contributed by atoms with Gasteiger partial charge in [-0.25, -0.2) is 8.42 Å². The molecule has 1 aliphatic heterocycles. The standard InChI is InChI=1S/C14H28N2O2S/c1-11(2)8-13-10-16(6-7-19(3,17)18)14(9-15-13)12-4-5-12/h11-15H,4-10H2,1-3H3. The Bertz CT molecular complexity index is 390. The number of nitrogens with one attached hydrogen (secondary N) is 1. The Hall–Kier alpha value is -0.130. The highest BCUT2D eigenvalue weighted by atomic mass is 32.2. The number of nitrogens with zero attached hydrogens (tertiary/aromatic N) is 1. The van der Waals surface area contributed by atoms with E-state index in [1.165, 1.54) is 25.5 Å². The monoisotopic (exact) mass is 288 g/mol. The van der Waals surface area contributed by atoms with E-state index in [1.54, 1.807) is 0 Å². The first-order valence-electron chi connectivity index (χ1n) is 7.50. The van der Waals surface area contributed by atoms with Gasteiger partial charge in [-0.1, -0.05) is 13.8 Å². The maximum atomic E-state index is 11.4. The van der Waals surface area contributed by atoms with Crippen molar-refractivity contribution in [1.29, 1.82) is 0 Å². The molecule has 0 bridgehead atoms. The van der Waals surface area contributed by atoms with Crippen LogP contribution < -0.4 is 5.32 Å². The molecule has 1 saturated carbocycles. The molecule has 4 nitrogen and oxygen atoms in total. The molecule has 0 radical (unpaired) electrons. The van der Waals surface area contributed by atoms with Crippen LogP contribution in [-0.2, 0) is 9.84 Å². The number of hydrogen-bond donors (Lipinski definition) is 1. The second-order valence-corrected chi connectivity index (χ2v) is 9.02. The molecule has 112 valence electrons. The maximum absolute atomic E-state index is 11.4. The molecule has 2 unspecified atom stereocenters. The average molecular weight is 288 g/mol. The van der Waals surface area contributed by atoms with Gasteiger partial charge in [0, 0.05) is 38.0 Å². The number of hydrogen-bond acceptors (Lipinski definition) is 4. The predicted octanol–water partition coefficient (Wildman–Crippen LogP) is 1.13. The van der Waals surface area contributed by atoms with Crippen molar-refractivity contribution in [1.82, 2.24) is 10.2 Å². The summed E-state index contributed by atoms with van der Waals surface area (Å²) in [5.41, 5.74) is 0. The van der Waals surface area contributed by atoms with Gasteiger partial charge in [0.25, 0.3) is 0 Å². The fourth-order valence-corrected chi connectivity index (χ4v) is 3.68. The van der Waals surface area contributed by atoms with Gasteiger partial charge >= 0.3 is 0 Å². The third-order valence-electron chi connectivity index (χ3n) is 4.21. The van der Waals surface area contributed by atoms with Gasteiger partial charge in [-0.3, -0.25) is 4.90 Å². The lowest BCUT2D eigenvalue weighted by Gasteiger charge is -2.41. The summed E-state index contributed by atoms with van der Waals surface area (Å²) in [5.74, 6) is 1.78. The normalized spacial score (nSPS) is 29.9. The summed E-state index contributed by atoms with van der Waals surface area (Å²) in [7, 11) is -2.85. The number of sulfone groups is 1. The van der Waals surface area contributed by atoms with Gasteiger partial charge in [-0.2, -0.15) is 0 Å². The Morgan fingerprint density at radius 2 is 2.00 bits per heavy atom. The van der Waals surface area contributed by atoms with E-state index in [0.717, 1.165) is 19.0 Å². The summed E-state index contributed by atoms with van der Waals surface area (Å²) in [5, 5.41) is 3.66. The van der Waals surface area contributed by atoms with E-state index in [1.807, 2.05) is 0 Å². The molecule has 0 aromatic heterocycles. The van der Waals surface area contributed by atoms with Gasteiger partial charge in [0.1, 0.15) is 9.84 Å². The maximum Gasteiger partial charge on any atom is 0.148 e. The van der Waals surface area contributed by atoms with Crippen molar-refractivity contribution in [3.05, 3.63) is 0 Å². The van der Waals surface area contributed by atoms with E-state index in [9.17, 15) is 8.42 Å². The van der Waals surface area contributed by atoms with E-state index in [2.05, 4.69) is 24.1 Å². The van der Waals surface area contributed by atoms with Gasteiger partial charge < -0.3 is 5.32 Å². The van der Waals surface area contributed by atoms with Crippen LogP contribution in [-0.4, -0.2) is 57.0 Å². The molecule has 0 amide bonds. The molecule has 1 heterocycles. The van der Waals surface area contributed by atoms with Crippen LogP contribution in [0.4, 0.5) is 0 Å². The van der Waals surface area contributed by atoms with Crippen molar-refractivity contribution in [2.24, 2.45) is 11.8 Å². The molecule has 0 aromatic rings. The van der Waals surface area contributed by atoms with Crippen LogP contribution >= 0.6 is 0 Å². The lowest BCUT2D eigenvalue weighted by atomic mass is 9.98. The minimum Gasteiger partial charge on any atom is -0.311 e. The Kier molecular flexibility index (Phi) is 4.90. The highest BCUT2D eigenvalue weighted by Gasteiger charge is 2.38. The molecular weight excluding hydrogens is 260 g/mol. The van der Waals surface area contributed by atoms with Crippen LogP contribution in [0.5, 0.6) is 0 Å². The third-order valence-corrected chi connectivity index (χ3v) is 5.14. The second kappa shape index (κ2) is 6.10. The Labute approximate surface area is 117 Å². The molecule has 19 heavy (non-hydrogen) atoms. The van der Waals surface area contributed by atoms with E-state index in [-0.39, 0.29) is 0 Å². The van der Waals surface area contributed by atoms with Crippen LogP contribution in [0.15, 0.2) is 0 Å². The summed E-state index contributed by atoms with van der Waals surface area (Å²) in [4.78, 5) is 2.43. The van der Waals surface area contributed by atoms with E-state index < -0.39 is 9.84 Å². The molecular formula is C14H28N2O2S. The average Bonchev–Trinajstić information content (AvgIpc) is 3.08. The van der Waals surface area contributed by atoms with E-state index in [4.69, 9.17) is 0 Å². The molecule has 2 fully saturated rings. The molecule has 2 atom stereocenters. The van der Waals surface area contributed by atoms with E-state index in [0.29, 0.717) is 30.3 Å². The SMILES string of the molecule is CC(C)CC1CN(CCS(C)(=O)=O)C(C2CC2)CN1. The second-order valence-electron chi connectivity index (χ2n) is 6.76. The van der Waals surface area contributed by atoms with Crippen LogP contribution in [0.25, 0.3) is 0 Å².